The van der Waals surface area contributed by atoms with Crippen molar-refractivity contribution in [3.8, 4) is 0 Å². The zero-order valence-corrected chi connectivity index (χ0v) is 10.8. The normalized spacial score (nSPS) is 22.4. The molecule has 0 atom stereocenters. The maximum Gasteiger partial charge on any atom is 0.506 e. The molecule has 2 rings (SSSR count). The van der Waals surface area contributed by atoms with Gasteiger partial charge in [-0.05, 0) is 39.1 Å². The van der Waals surface area contributed by atoms with Crippen molar-refractivity contribution in [2.45, 2.75) is 38.9 Å². The second-order valence-electron chi connectivity index (χ2n) is 4.95. The minimum atomic E-state index is -0.426. The number of rotatable bonds is 2. The molecule has 5 heteroatoms. The molecule has 1 aromatic rings. The van der Waals surface area contributed by atoms with Crippen molar-refractivity contribution < 1.29 is 14.1 Å². The van der Waals surface area contributed by atoms with E-state index in [1.54, 1.807) is 6.07 Å². The number of carbonyl (C=O) groups excluding carboxylic acids is 1. The zero-order valence-electron chi connectivity index (χ0n) is 9.94. The molecule has 0 amide bonds. The van der Waals surface area contributed by atoms with E-state index >= 15 is 0 Å². The summed E-state index contributed by atoms with van der Waals surface area (Å²) in [6.07, 6.45) is 0.844. The SMILES string of the molecule is CC1(C)OB(c2sccc2C=O)OC1(C)C. The second kappa shape index (κ2) is 3.69. The van der Waals surface area contributed by atoms with Gasteiger partial charge < -0.3 is 9.31 Å². The summed E-state index contributed by atoms with van der Waals surface area (Å²) in [4.78, 5) is 10.9. The zero-order chi connectivity index (χ0) is 12.0. The monoisotopic (exact) mass is 238 g/mol. The van der Waals surface area contributed by atoms with Gasteiger partial charge in [0.1, 0.15) is 0 Å². The molecule has 2 heterocycles. The molecule has 1 saturated heterocycles. The predicted octanol–water partition coefficient (Wildman–Crippen LogP) is 1.86. The van der Waals surface area contributed by atoms with E-state index in [4.69, 9.17) is 9.31 Å². The highest BCUT2D eigenvalue weighted by molar-refractivity contribution is 7.21. The van der Waals surface area contributed by atoms with E-state index in [-0.39, 0.29) is 11.2 Å². The first-order valence-corrected chi connectivity index (χ1v) is 6.13. The summed E-state index contributed by atoms with van der Waals surface area (Å²) >= 11 is 1.49. The minimum absolute atomic E-state index is 0.359. The Morgan fingerprint density at radius 1 is 1.25 bits per heavy atom. The first-order valence-electron chi connectivity index (χ1n) is 5.25. The van der Waals surface area contributed by atoms with Gasteiger partial charge in [0.2, 0.25) is 0 Å². The molecule has 0 radical (unpaired) electrons. The number of hydrogen-bond acceptors (Lipinski definition) is 4. The van der Waals surface area contributed by atoms with Crippen molar-refractivity contribution >= 4 is 29.5 Å². The Morgan fingerprint density at radius 2 is 1.81 bits per heavy atom. The molecule has 86 valence electrons. The van der Waals surface area contributed by atoms with E-state index in [9.17, 15) is 4.79 Å². The third-order valence-electron chi connectivity index (χ3n) is 3.32. The van der Waals surface area contributed by atoms with Crippen molar-refractivity contribution in [1.29, 1.82) is 0 Å². The van der Waals surface area contributed by atoms with Crippen LogP contribution in [0.25, 0.3) is 0 Å². The smallest absolute Gasteiger partial charge is 0.399 e. The highest BCUT2D eigenvalue weighted by Crippen LogP contribution is 2.36. The van der Waals surface area contributed by atoms with Crippen LogP contribution in [0.1, 0.15) is 38.1 Å². The lowest BCUT2D eigenvalue weighted by atomic mass is 9.85. The maximum absolute atomic E-state index is 10.9. The molecule has 0 aliphatic carbocycles. The van der Waals surface area contributed by atoms with E-state index in [1.165, 1.54) is 11.3 Å². The summed E-state index contributed by atoms with van der Waals surface area (Å²) < 4.78 is 12.6. The molecular weight excluding hydrogens is 223 g/mol. The van der Waals surface area contributed by atoms with Crippen LogP contribution in [-0.4, -0.2) is 24.6 Å². The molecule has 1 fully saturated rings. The second-order valence-corrected chi connectivity index (χ2v) is 5.89. The predicted molar refractivity (Wildman–Crippen MR) is 65.4 cm³/mol. The fraction of sp³-hybridized carbons (Fsp3) is 0.545. The highest BCUT2D eigenvalue weighted by Gasteiger charge is 2.52. The van der Waals surface area contributed by atoms with Crippen LogP contribution in [0.4, 0.5) is 0 Å². The lowest BCUT2D eigenvalue weighted by molar-refractivity contribution is 0.00578. The Morgan fingerprint density at radius 3 is 2.31 bits per heavy atom. The number of aldehydes is 1. The summed E-state index contributed by atoms with van der Waals surface area (Å²) in [5, 5.41) is 1.88. The molecule has 0 unspecified atom stereocenters. The summed E-state index contributed by atoms with van der Waals surface area (Å²) in [5.74, 6) is 0. The number of carbonyl (C=O) groups is 1. The van der Waals surface area contributed by atoms with Gasteiger partial charge in [-0.25, -0.2) is 0 Å². The highest BCUT2D eigenvalue weighted by atomic mass is 32.1. The molecule has 1 aromatic heterocycles. The van der Waals surface area contributed by atoms with Gasteiger partial charge in [0.15, 0.2) is 6.29 Å². The summed E-state index contributed by atoms with van der Waals surface area (Å²) in [5.41, 5.74) is -0.0626. The Bertz CT molecular complexity index is 395. The van der Waals surface area contributed by atoms with Crippen LogP contribution in [0, 0.1) is 0 Å². The molecule has 0 N–H and O–H groups in total. The third kappa shape index (κ3) is 1.73. The van der Waals surface area contributed by atoms with Gasteiger partial charge in [-0.1, -0.05) is 0 Å². The van der Waals surface area contributed by atoms with Crippen LogP contribution < -0.4 is 4.78 Å². The lowest BCUT2D eigenvalue weighted by Crippen LogP contribution is -2.41. The quantitative estimate of drug-likeness (QED) is 0.582. The third-order valence-corrected chi connectivity index (χ3v) is 4.28. The van der Waals surface area contributed by atoms with Gasteiger partial charge in [0.05, 0.1) is 11.2 Å². The first kappa shape index (κ1) is 11.8. The molecule has 1 aliphatic rings. The topological polar surface area (TPSA) is 35.5 Å². The van der Waals surface area contributed by atoms with Gasteiger partial charge in [-0.3, -0.25) is 4.79 Å². The van der Waals surface area contributed by atoms with E-state index in [0.717, 1.165) is 11.1 Å². The molecule has 0 aromatic carbocycles. The molecule has 1 aliphatic heterocycles. The van der Waals surface area contributed by atoms with Gasteiger partial charge in [-0.2, -0.15) is 11.3 Å². The van der Waals surface area contributed by atoms with E-state index in [0.29, 0.717) is 5.56 Å². The molecule has 3 nitrogen and oxygen atoms in total. The van der Waals surface area contributed by atoms with Gasteiger partial charge in [-0.15, -0.1) is 0 Å². The van der Waals surface area contributed by atoms with Crippen molar-refractivity contribution in [2.24, 2.45) is 0 Å². The summed E-state index contributed by atoms with van der Waals surface area (Å²) in [6.45, 7) is 8.00. The number of thiophene rings is 1. The molecule has 0 bridgehead atoms. The molecule has 0 spiro atoms. The van der Waals surface area contributed by atoms with Crippen molar-refractivity contribution in [2.75, 3.05) is 0 Å². The van der Waals surface area contributed by atoms with Crippen LogP contribution in [0.2, 0.25) is 0 Å². The lowest BCUT2D eigenvalue weighted by Gasteiger charge is -2.32. The Hall–Kier alpha value is -0.645. The van der Waals surface area contributed by atoms with Crippen molar-refractivity contribution in [3.63, 3.8) is 0 Å². The van der Waals surface area contributed by atoms with Gasteiger partial charge in [0.25, 0.3) is 0 Å². The average molecular weight is 238 g/mol. The Labute approximate surface area is 99.9 Å². The molecule has 0 saturated carbocycles. The fourth-order valence-corrected chi connectivity index (χ4v) is 2.39. The summed E-state index contributed by atoms with van der Waals surface area (Å²) in [6, 6.07) is 1.79. The van der Waals surface area contributed by atoms with E-state index in [2.05, 4.69) is 0 Å². The number of hydrogen-bond donors (Lipinski definition) is 0. The minimum Gasteiger partial charge on any atom is -0.399 e. The largest absolute Gasteiger partial charge is 0.506 e. The molecular formula is C11H15BO3S. The maximum atomic E-state index is 10.9. The first-order chi connectivity index (χ1) is 7.37. The fourth-order valence-electron chi connectivity index (χ4n) is 1.57. The van der Waals surface area contributed by atoms with Crippen molar-refractivity contribution in [1.82, 2.24) is 0 Å². The van der Waals surface area contributed by atoms with Crippen LogP contribution in [-0.2, 0) is 9.31 Å². The summed E-state index contributed by atoms with van der Waals surface area (Å²) in [7, 11) is -0.426. The van der Waals surface area contributed by atoms with Crippen LogP contribution >= 0.6 is 11.3 Å². The van der Waals surface area contributed by atoms with Crippen molar-refractivity contribution in [3.05, 3.63) is 17.0 Å². The van der Waals surface area contributed by atoms with E-state index < -0.39 is 7.12 Å². The van der Waals surface area contributed by atoms with Gasteiger partial charge in [0, 0.05) is 10.3 Å². The van der Waals surface area contributed by atoms with E-state index in [1.807, 2.05) is 33.1 Å². The Balaban J connectivity index is 2.30. The molecule has 16 heavy (non-hydrogen) atoms. The van der Waals surface area contributed by atoms with Crippen LogP contribution in [0.3, 0.4) is 0 Å². The standard InChI is InChI=1S/C11H15BO3S/c1-10(2)11(3,4)15-12(14-10)9-8(7-13)5-6-16-9/h5-7H,1-4H3. The Kier molecular flexibility index (Phi) is 2.73. The van der Waals surface area contributed by atoms with Crippen LogP contribution in [0.5, 0.6) is 0 Å². The van der Waals surface area contributed by atoms with Crippen LogP contribution in [0.15, 0.2) is 11.4 Å². The van der Waals surface area contributed by atoms with Gasteiger partial charge >= 0.3 is 7.12 Å². The average Bonchev–Trinajstić information content (AvgIpc) is 2.69.